The van der Waals surface area contributed by atoms with Gasteiger partial charge >= 0.3 is 0 Å². The van der Waals surface area contributed by atoms with Crippen LogP contribution < -0.4 is 15.5 Å². The molecule has 3 atom stereocenters. The molecule has 0 bridgehead atoms. The molecule has 114 valence electrons. The van der Waals surface area contributed by atoms with Crippen LogP contribution in [0.1, 0.15) is 33.1 Å². The molecule has 1 fully saturated rings. The summed E-state index contributed by atoms with van der Waals surface area (Å²) in [5.41, 5.74) is 3.99. The van der Waals surface area contributed by atoms with Crippen molar-refractivity contribution in [1.82, 2.24) is 10.4 Å². The van der Waals surface area contributed by atoms with Crippen molar-refractivity contribution in [3.05, 3.63) is 24.3 Å². The number of para-hydroxylation sites is 2. The average molecular weight is 289 g/mol. The second-order valence-electron chi connectivity index (χ2n) is 6.00. The predicted molar refractivity (Wildman–Crippen MR) is 82.1 cm³/mol. The standard InChI is InChI=1S/C16H23N3O2/c1-11-6-5-7-12(2)19(11)18-16(20)15-10-17-13-8-3-4-9-14(13)21-15/h3-4,8-9,11-12,15,17H,5-7,10H2,1-2H3,(H,18,20). The van der Waals surface area contributed by atoms with Crippen molar-refractivity contribution in [2.45, 2.75) is 51.3 Å². The summed E-state index contributed by atoms with van der Waals surface area (Å²) in [5.74, 6) is 0.668. The fourth-order valence-electron chi connectivity index (χ4n) is 3.10. The van der Waals surface area contributed by atoms with Gasteiger partial charge in [0.25, 0.3) is 5.91 Å². The number of piperidine rings is 1. The van der Waals surface area contributed by atoms with Gasteiger partial charge in [-0.15, -0.1) is 0 Å². The van der Waals surface area contributed by atoms with E-state index in [2.05, 4.69) is 29.6 Å². The molecule has 1 amide bonds. The topological polar surface area (TPSA) is 53.6 Å². The lowest BCUT2D eigenvalue weighted by Crippen LogP contribution is -2.58. The van der Waals surface area contributed by atoms with Gasteiger partial charge < -0.3 is 10.1 Å². The molecule has 1 aromatic carbocycles. The summed E-state index contributed by atoms with van der Waals surface area (Å²) < 4.78 is 5.80. The zero-order valence-electron chi connectivity index (χ0n) is 12.6. The van der Waals surface area contributed by atoms with Crippen molar-refractivity contribution in [2.75, 3.05) is 11.9 Å². The van der Waals surface area contributed by atoms with E-state index in [-0.39, 0.29) is 5.91 Å². The number of nitrogens with zero attached hydrogens (tertiary/aromatic N) is 1. The first-order valence-corrected chi connectivity index (χ1v) is 7.73. The maximum atomic E-state index is 12.4. The summed E-state index contributed by atoms with van der Waals surface area (Å²) in [6, 6.07) is 8.46. The fourth-order valence-corrected chi connectivity index (χ4v) is 3.10. The SMILES string of the molecule is CC1CCCC(C)N1NC(=O)C1CNc2ccccc2O1. The van der Waals surface area contributed by atoms with Gasteiger partial charge in [0.05, 0.1) is 12.2 Å². The van der Waals surface area contributed by atoms with Crippen LogP contribution in [-0.2, 0) is 4.79 Å². The Bertz CT molecular complexity index is 510. The van der Waals surface area contributed by atoms with Crippen LogP contribution in [0.3, 0.4) is 0 Å². The van der Waals surface area contributed by atoms with Crippen LogP contribution >= 0.6 is 0 Å². The van der Waals surface area contributed by atoms with Crippen molar-refractivity contribution in [1.29, 1.82) is 0 Å². The molecule has 5 nitrogen and oxygen atoms in total. The molecule has 3 unspecified atom stereocenters. The number of carbonyl (C=O) groups excluding carboxylic acids is 1. The van der Waals surface area contributed by atoms with E-state index in [4.69, 9.17) is 4.74 Å². The molecule has 2 aliphatic rings. The normalized spacial score (nSPS) is 29.0. The Hall–Kier alpha value is -1.75. The third-order valence-corrected chi connectivity index (χ3v) is 4.36. The molecule has 2 N–H and O–H groups in total. The lowest BCUT2D eigenvalue weighted by Gasteiger charge is -2.39. The number of anilines is 1. The van der Waals surface area contributed by atoms with Crippen molar-refractivity contribution in [3.8, 4) is 5.75 Å². The number of benzene rings is 1. The zero-order valence-corrected chi connectivity index (χ0v) is 12.6. The molecule has 21 heavy (non-hydrogen) atoms. The fraction of sp³-hybridized carbons (Fsp3) is 0.562. The molecular weight excluding hydrogens is 266 g/mol. The van der Waals surface area contributed by atoms with Gasteiger partial charge in [0.15, 0.2) is 6.10 Å². The van der Waals surface area contributed by atoms with Crippen molar-refractivity contribution in [2.24, 2.45) is 0 Å². The predicted octanol–water partition coefficient (Wildman–Crippen LogP) is 2.15. The van der Waals surface area contributed by atoms with Gasteiger partial charge in [-0.1, -0.05) is 18.6 Å². The number of ether oxygens (including phenoxy) is 1. The van der Waals surface area contributed by atoms with Gasteiger partial charge in [-0.3, -0.25) is 10.2 Å². The summed E-state index contributed by atoms with van der Waals surface area (Å²) in [7, 11) is 0. The second kappa shape index (κ2) is 5.93. The molecule has 1 aromatic rings. The van der Waals surface area contributed by atoms with E-state index in [0.29, 0.717) is 18.6 Å². The van der Waals surface area contributed by atoms with E-state index in [1.165, 1.54) is 6.42 Å². The van der Waals surface area contributed by atoms with Crippen LogP contribution in [0.15, 0.2) is 24.3 Å². The summed E-state index contributed by atoms with van der Waals surface area (Å²) in [6.07, 6.45) is 2.99. The van der Waals surface area contributed by atoms with E-state index < -0.39 is 6.10 Å². The molecule has 2 heterocycles. The number of hydrazine groups is 1. The van der Waals surface area contributed by atoms with Crippen LogP contribution in [-0.4, -0.2) is 35.6 Å². The number of rotatable bonds is 2. The summed E-state index contributed by atoms with van der Waals surface area (Å²) in [4.78, 5) is 12.4. The minimum Gasteiger partial charge on any atom is -0.476 e. The van der Waals surface area contributed by atoms with Gasteiger partial charge in [-0.25, -0.2) is 5.01 Å². The molecule has 0 aliphatic carbocycles. The summed E-state index contributed by atoms with van der Waals surface area (Å²) >= 11 is 0. The number of nitrogens with one attached hydrogen (secondary N) is 2. The number of hydrogen-bond donors (Lipinski definition) is 2. The minimum atomic E-state index is -0.485. The lowest BCUT2D eigenvalue weighted by atomic mass is 10.00. The van der Waals surface area contributed by atoms with Crippen molar-refractivity contribution in [3.63, 3.8) is 0 Å². The van der Waals surface area contributed by atoms with Crippen LogP contribution in [0.4, 0.5) is 5.69 Å². The minimum absolute atomic E-state index is 0.0717. The monoisotopic (exact) mass is 289 g/mol. The second-order valence-corrected chi connectivity index (χ2v) is 6.00. The van der Waals surface area contributed by atoms with Gasteiger partial charge in [0, 0.05) is 12.1 Å². The van der Waals surface area contributed by atoms with E-state index in [9.17, 15) is 4.79 Å². The summed E-state index contributed by atoms with van der Waals surface area (Å²) in [6.45, 7) is 4.82. The Morgan fingerprint density at radius 3 is 2.76 bits per heavy atom. The Kier molecular flexibility index (Phi) is 4.01. The van der Waals surface area contributed by atoms with Crippen LogP contribution in [0.25, 0.3) is 0 Å². The first-order valence-electron chi connectivity index (χ1n) is 7.73. The van der Waals surface area contributed by atoms with E-state index >= 15 is 0 Å². The van der Waals surface area contributed by atoms with Gasteiger partial charge in [0.1, 0.15) is 5.75 Å². The van der Waals surface area contributed by atoms with E-state index in [0.717, 1.165) is 24.3 Å². The third-order valence-electron chi connectivity index (χ3n) is 4.36. The largest absolute Gasteiger partial charge is 0.476 e. The molecular formula is C16H23N3O2. The van der Waals surface area contributed by atoms with Crippen molar-refractivity contribution >= 4 is 11.6 Å². The molecule has 1 saturated heterocycles. The molecule has 0 saturated carbocycles. The highest BCUT2D eigenvalue weighted by molar-refractivity contribution is 5.82. The molecule has 0 radical (unpaired) electrons. The third kappa shape index (κ3) is 2.97. The van der Waals surface area contributed by atoms with E-state index in [1.54, 1.807) is 0 Å². The Morgan fingerprint density at radius 1 is 1.29 bits per heavy atom. The van der Waals surface area contributed by atoms with Crippen LogP contribution in [0.5, 0.6) is 5.75 Å². The molecule has 3 rings (SSSR count). The highest BCUT2D eigenvalue weighted by atomic mass is 16.5. The smallest absolute Gasteiger partial charge is 0.277 e. The Labute approximate surface area is 125 Å². The molecule has 0 spiro atoms. The van der Waals surface area contributed by atoms with Crippen LogP contribution in [0.2, 0.25) is 0 Å². The Balaban J connectivity index is 1.64. The maximum Gasteiger partial charge on any atom is 0.277 e. The lowest BCUT2D eigenvalue weighted by molar-refractivity contribution is -0.136. The van der Waals surface area contributed by atoms with E-state index in [1.807, 2.05) is 24.3 Å². The quantitative estimate of drug-likeness (QED) is 0.876. The average Bonchev–Trinajstić information content (AvgIpc) is 2.50. The number of fused-ring (bicyclic) bond motifs is 1. The number of amides is 1. The first kappa shape index (κ1) is 14.2. The highest BCUT2D eigenvalue weighted by Gasteiger charge is 2.31. The van der Waals surface area contributed by atoms with Gasteiger partial charge in [-0.2, -0.15) is 0 Å². The molecule has 0 aromatic heterocycles. The maximum absolute atomic E-state index is 12.4. The number of hydrogen-bond acceptors (Lipinski definition) is 4. The Morgan fingerprint density at radius 2 is 2.00 bits per heavy atom. The molecule has 2 aliphatic heterocycles. The molecule has 5 heteroatoms. The van der Waals surface area contributed by atoms with Gasteiger partial charge in [0.2, 0.25) is 0 Å². The van der Waals surface area contributed by atoms with Crippen molar-refractivity contribution < 1.29 is 9.53 Å². The highest BCUT2D eigenvalue weighted by Crippen LogP contribution is 2.28. The first-order chi connectivity index (χ1) is 10.1. The van der Waals surface area contributed by atoms with Crippen LogP contribution in [0, 0.1) is 0 Å². The zero-order chi connectivity index (χ0) is 14.8. The summed E-state index contributed by atoms with van der Waals surface area (Å²) in [5, 5.41) is 5.33. The van der Waals surface area contributed by atoms with Gasteiger partial charge in [-0.05, 0) is 38.8 Å². The number of carbonyl (C=O) groups is 1.